The van der Waals surface area contributed by atoms with Gasteiger partial charge in [-0.25, -0.2) is 4.98 Å². The SMILES string of the molecule is CN=C(NCc1ccc(OCCOc2ccccc2)nc1)NCc1ccc(C)s1.I. The number of ether oxygens (including phenoxy) is 2. The number of benzene rings is 1. The minimum Gasteiger partial charge on any atom is -0.490 e. The van der Waals surface area contributed by atoms with Gasteiger partial charge in [0, 0.05) is 35.6 Å². The van der Waals surface area contributed by atoms with Crippen LogP contribution in [0.3, 0.4) is 0 Å². The van der Waals surface area contributed by atoms with Gasteiger partial charge in [-0.1, -0.05) is 24.3 Å². The molecule has 0 bridgehead atoms. The molecule has 0 fully saturated rings. The third-order valence-corrected chi connectivity index (χ3v) is 5.05. The van der Waals surface area contributed by atoms with Crippen LogP contribution in [0.2, 0.25) is 0 Å². The third-order valence-electron chi connectivity index (χ3n) is 4.05. The van der Waals surface area contributed by atoms with Crippen LogP contribution in [0.1, 0.15) is 15.3 Å². The number of halogens is 1. The first-order valence-corrected chi connectivity index (χ1v) is 10.3. The van der Waals surface area contributed by atoms with Crippen molar-refractivity contribution in [1.29, 1.82) is 0 Å². The number of nitrogens with one attached hydrogen (secondary N) is 2. The summed E-state index contributed by atoms with van der Waals surface area (Å²) in [6, 6.07) is 17.8. The maximum Gasteiger partial charge on any atom is 0.213 e. The lowest BCUT2D eigenvalue weighted by Gasteiger charge is -2.11. The van der Waals surface area contributed by atoms with E-state index in [1.165, 1.54) is 9.75 Å². The molecule has 2 heterocycles. The zero-order valence-corrected chi connectivity index (χ0v) is 20.3. The van der Waals surface area contributed by atoms with Crippen LogP contribution in [0, 0.1) is 6.92 Å². The summed E-state index contributed by atoms with van der Waals surface area (Å²) in [6.07, 6.45) is 1.80. The van der Waals surface area contributed by atoms with Crippen molar-refractivity contribution in [2.45, 2.75) is 20.0 Å². The Kier molecular flexibility index (Phi) is 10.4. The minimum atomic E-state index is 0. The Morgan fingerprint density at radius 2 is 1.73 bits per heavy atom. The normalized spacial score (nSPS) is 10.8. The summed E-state index contributed by atoms with van der Waals surface area (Å²) in [7, 11) is 1.77. The third kappa shape index (κ3) is 8.19. The van der Waals surface area contributed by atoms with Crippen molar-refractivity contribution < 1.29 is 9.47 Å². The second-order valence-corrected chi connectivity index (χ2v) is 7.68. The number of guanidine groups is 1. The predicted octanol–water partition coefficient (Wildman–Crippen LogP) is 4.39. The first kappa shape index (κ1) is 23.9. The van der Waals surface area contributed by atoms with Gasteiger partial charge in [0.2, 0.25) is 5.88 Å². The van der Waals surface area contributed by atoms with Gasteiger partial charge in [-0.05, 0) is 36.8 Å². The Morgan fingerprint density at radius 1 is 0.967 bits per heavy atom. The Labute approximate surface area is 198 Å². The van der Waals surface area contributed by atoms with E-state index < -0.39 is 0 Å². The van der Waals surface area contributed by atoms with Gasteiger partial charge in [0.15, 0.2) is 5.96 Å². The maximum atomic E-state index is 5.63. The number of hydrogen-bond donors (Lipinski definition) is 2. The van der Waals surface area contributed by atoms with E-state index in [1.54, 1.807) is 24.6 Å². The van der Waals surface area contributed by atoms with Gasteiger partial charge in [-0.2, -0.15) is 0 Å². The molecule has 0 aliphatic heterocycles. The zero-order valence-electron chi connectivity index (χ0n) is 17.1. The number of aromatic nitrogens is 1. The summed E-state index contributed by atoms with van der Waals surface area (Å²) >= 11 is 1.78. The molecule has 6 nitrogen and oxygen atoms in total. The lowest BCUT2D eigenvalue weighted by molar-refractivity contribution is 0.212. The molecule has 2 aromatic heterocycles. The fourth-order valence-electron chi connectivity index (χ4n) is 2.58. The molecule has 0 aliphatic rings. The molecule has 0 amide bonds. The summed E-state index contributed by atoms with van der Waals surface area (Å²) in [5.74, 6) is 2.18. The number of aliphatic imine (C=N–C) groups is 1. The second kappa shape index (κ2) is 13.1. The molecule has 2 N–H and O–H groups in total. The molecule has 0 unspecified atom stereocenters. The largest absolute Gasteiger partial charge is 0.490 e. The van der Waals surface area contributed by atoms with Crippen molar-refractivity contribution in [3.8, 4) is 11.6 Å². The Hall–Kier alpha value is -2.33. The van der Waals surface area contributed by atoms with Gasteiger partial charge in [-0.15, -0.1) is 35.3 Å². The Balaban J connectivity index is 0.00000320. The van der Waals surface area contributed by atoms with Gasteiger partial charge in [0.05, 0.1) is 6.54 Å². The monoisotopic (exact) mass is 538 g/mol. The van der Waals surface area contributed by atoms with Crippen LogP contribution in [0.4, 0.5) is 0 Å². The molecule has 0 saturated carbocycles. The zero-order chi connectivity index (χ0) is 20.3. The van der Waals surface area contributed by atoms with E-state index >= 15 is 0 Å². The molecular formula is C22H27IN4O2S. The highest BCUT2D eigenvalue weighted by molar-refractivity contribution is 14.0. The molecule has 30 heavy (non-hydrogen) atoms. The molecule has 8 heteroatoms. The van der Waals surface area contributed by atoms with Crippen LogP contribution in [-0.2, 0) is 13.1 Å². The standard InChI is InChI=1S/C22H26N4O2S.HI/c1-17-8-10-20(29-17)16-26-22(23-2)25-15-18-9-11-21(24-14-18)28-13-12-27-19-6-4-3-5-7-19;/h3-11,14H,12-13,15-16H2,1-2H3,(H2,23,25,26);1H. The summed E-state index contributed by atoms with van der Waals surface area (Å²) in [4.78, 5) is 11.2. The smallest absolute Gasteiger partial charge is 0.213 e. The Morgan fingerprint density at radius 3 is 2.40 bits per heavy atom. The second-order valence-electron chi connectivity index (χ2n) is 6.31. The average Bonchev–Trinajstić information content (AvgIpc) is 3.18. The predicted molar refractivity (Wildman–Crippen MR) is 133 cm³/mol. The molecule has 3 rings (SSSR count). The molecule has 0 aliphatic carbocycles. The van der Waals surface area contributed by atoms with E-state index in [0.717, 1.165) is 23.8 Å². The van der Waals surface area contributed by atoms with Crippen LogP contribution in [0.25, 0.3) is 0 Å². The van der Waals surface area contributed by atoms with Gasteiger partial charge >= 0.3 is 0 Å². The van der Waals surface area contributed by atoms with E-state index in [-0.39, 0.29) is 24.0 Å². The highest BCUT2D eigenvalue weighted by Crippen LogP contribution is 2.14. The van der Waals surface area contributed by atoms with Crippen molar-refractivity contribution in [3.63, 3.8) is 0 Å². The van der Waals surface area contributed by atoms with Crippen LogP contribution in [-0.4, -0.2) is 31.2 Å². The van der Waals surface area contributed by atoms with Gasteiger partial charge in [0.1, 0.15) is 19.0 Å². The molecule has 0 atom stereocenters. The molecular weight excluding hydrogens is 511 g/mol. The van der Waals surface area contributed by atoms with Crippen molar-refractivity contribution >= 4 is 41.3 Å². The highest BCUT2D eigenvalue weighted by atomic mass is 127. The number of rotatable bonds is 9. The van der Waals surface area contributed by atoms with E-state index in [0.29, 0.717) is 25.6 Å². The van der Waals surface area contributed by atoms with Gasteiger partial charge in [0.25, 0.3) is 0 Å². The maximum absolute atomic E-state index is 5.63. The number of thiophene rings is 1. The number of hydrogen-bond acceptors (Lipinski definition) is 5. The fourth-order valence-corrected chi connectivity index (χ4v) is 3.41. The molecule has 160 valence electrons. The van der Waals surface area contributed by atoms with Crippen LogP contribution in [0.15, 0.2) is 65.8 Å². The number of nitrogens with zero attached hydrogens (tertiary/aromatic N) is 2. The van der Waals surface area contributed by atoms with E-state index in [4.69, 9.17) is 9.47 Å². The summed E-state index contributed by atoms with van der Waals surface area (Å²) in [5.41, 5.74) is 1.05. The minimum absolute atomic E-state index is 0. The average molecular weight is 538 g/mol. The first-order chi connectivity index (χ1) is 14.2. The van der Waals surface area contributed by atoms with Gasteiger partial charge in [-0.3, -0.25) is 4.99 Å². The quantitative estimate of drug-likeness (QED) is 0.183. The van der Waals surface area contributed by atoms with Crippen molar-refractivity contribution in [2.75, 3.05) is 20.3 Å². The number of aryl methyl sites for hydroxylation is 1. The van der Waals surface area contributed by atoms with Crippen LogP contribution >= 0.6 is 35.3 Å². The van der Waals surface area contributed by atoms with Gasteiger partial charge < -0.3 is 20.1 Å². The fraction of sp³-hybridized carbons (Fsp3) is 0.273. The van der Waals surface area contributed by atoms with Crippen molar-refractivity contribution in [2.24, 2.45) is 4.99 Å². The van der Waals surface area contributed by atoms with Crippen LogP contribution < -0.4 is 20.1 Å². The lowest BCUT2D eigenvalue weighted by Crippen LogP contribution is -2.36. The van der Waals surface area contributed by atoms with E-state index in [1.807, 2.05) is 42.5 Å². The van der Waals surface area contributed by atoms with Crippen molar-refractivity contribution in [1.82, 2.24) is 15.6 Å². The van der Waals surface area contributed by atoms with Crippen molar-refractivity contribution in [3.05, 3.63) is 76.1 Å². The van der Waals surface area contributed by atoms with E-state index in [9.17, 15) is 0 Å². The van der Waals surface area contributed by atoms with Crippen LogP contribution in [0.5, 0.6) is 11.6 Å². The molecule has 3 aromatic rings. The summed E-state index contributed by atoms with van der Waals surface area (Å²) < 4.78 is 11.2. The molecule has 1 aromatic carbocycles. The topological polar surface area (TPSA) is 67.8 Å². The highest BCUT2D eigenvalue weighted by Gasteiger charge is 2.02. The Bertz CT molecular complexity index is 901. The lowest BCUT2D eigenvalue weighted by atomic mass is 10.3. The summed E-state index contributed by atoms with van der Waals surface area (Å²) in [6.45, 7) is 4.42. The number of para-hydroxylation sites is 1. The number of pyridine rings is 1. The summed E-state index contributed by atoms with van der Waals surface area (Å²) in [5, 5.41) is 6.61. The molecule has 0 saturated heterocycles. The van der Waals surface area contributed by atoms with E-state index in [2.05, 4.69) is 39.7 Å². The molecule has 0 radical (unpaired) electrons. The first-order valence-electron chi connectivity index (χ1n) is 9.48. The molecule has 0 spiro atoms.